The molecule has 0 aliphatic heterocycles. The van der Waals surface area contributed by atoms with Crippen LogP contribution in [0.3, 0.4) is 0 Å². The molecule has 0 spiro atoms. The Bertz CT molecular complexity index is 383. The van der Waals surface area contributed by atoms with E-state index in [2.05, 4.69) is 24.1 Å². The number of aromatic nitrogens is 1. The van der Waals surface area contributed by atoms with Gasteiger partial charge in [0.15, 0.2) is 11.5 Å². The molecule has 1 N–H and O–H groups in total. The molecule has 0 aliphatic carbocycles. The van der Waals surface area contributed by atoms with Crippen molar-refractivity contribution in [3.05, 3.63) is 18.0 Å². The van der Waals surface area contributed by atoms with Crippen molar-refractivity contribution in [1.29, 1.82) is 0 Å². The van der Waals surface area contributed by atoms with Crippen molar-refractivity contribution < 1.29 is 14.2 Å². The maximum Gasteiger partial charge on any atom is 0.183 e. The number of ether oxygens (including phenoxy) is 3. The van der Waals surface area contributed by atoms with Crippen molar-refractivity contribution in [2.45, 2.75) is 26.4 Å². The Hall–Kier alpha value is -1.33. The van der Waals surface area contributed by atoms with Gasteiger partial charge in [-0.15, -0.1) is 0 Å². The van der Waals surface area contributed by atoms with Crippen LogP contribution in [0.5, 0.6) is 11.5 Å². The highest BCUT2D eigenvalue weighted by Crippen LogP contribution is 2.28. The molecule has 0 saturated carbocycles. The van der Waals surface area contributed by atoms with Crippen LogP contribution < -0.4 is 14.8 Å². The van der Waals surface area contributed by atoms with E-state index in [0.29, 0.717) is 30.6 Å². The molecule has 5 nitrogen and oxygen atoms in total. The first-order valence-electron chi connectivity index (χ1n) is 6.42. The molecular formula is C14H24N2O3. The second-order valence-corrected chi connectivity index (χ2v) is 4.68. The van der Waals surface area contributed by atoms with Crippen LogP contribution in [0.4, 0.5) is 0 Å². The lowest BCUT2D eigenvalue weighted by molar-refractivity contribution is 0.146. The molecule has 1 atom stereocenters. The summed E-state index contributed by atoms with van der Waals surface area (Å²) in [6.45, 7) is 5.61. The number of hydrogen-bond donors (Lipinski definition) is 1. The fourth-order valence-electron chi connectivity index (χ4n) is 1.87. The van der Waals surface area contributed by atoms with E-state index in [1.807, 2.05) is 0 Å². The summed E-state index contributed by atoms with van der Waals surface area (Å²) in [5.41, 5.74) is 0.837. The highest BCUT2D eigenvalue weighted by atomic mass is 16.5. The summed E-state index contributed by atoms with van der Waals surface area (Å²) in [7, 11) is 4.95. The van der Waals surface area contributed by atoms with Crippen LogP contribution in [0.2, 0.25) is 0 Å². The first-order valence-corrected chi connectivity index (χ1v) is 6.42. The maximum absolute atomic E-state index is 5.36. The van der Waals surface area contributed by atoms with Gasteiger partial charge in [-0.3, -0.25) is 4.98 Å². The molecule has 0 fully saturated rings. The Morgan fingerprint density at radius 1 is 1.21 bits per heavy atom. The average molecular weight is 268 g/mol. The van der Waals surface area contributed by atoms with E-state index in [4.69, 9.17) is 14.2 Å². The number of nitrogens with one attached hydrogen (secondary N) is 1. The summed E-state index contributed by atoms with van der Waals surface area (Å²) in [6, 6.07) is 2.07. The second-order valence-electron chi connectivity index (χ2n) is 4.68. The van der Waals surface area contributed by atoms with Crippen molar-refractivity contribution in [2.75, 3.05) is 27.9 Å². The molecule has 0 amide bonds. The zero-order valence-electron chi connectivity index (χ0n) is 12.4. The van der Waals surface area contributed by atoms with Crippen LogP contribution >= 0.6 is 0 Å². The molecule has 0 aromatic carbocycles. The van der Waals surface area contributed by atoms with Gasteiger partial charge < -0.3 is 19.5 Å². The number of hydrogen-bond acceptors (Lipinski definition) is 5. The number of methoxy groups -OCH3 is 3. The third-order valence-corrected chi connectivity index (χ3v) is 3.05. The van der Waals surface area contributed by atoms with E-state index in [1.54, 1.807) is 33.6 Å². The molecule has 19 heavy (non-hydrogen) atoms. The summed E-state index contributed by atoms with van der Waals surface area (Å²) < 4.78 is 15.8. The molecule has 0 saturated heterocycles. The normalized spacial score (nSPS) is 12.5. The molecule has 1 heterocycles. The lowest BCUT2D eigenvalue weighted by Gasteiger charge is -2.22. The fraction of sp³-hybridized carbons (Fsp3) is 0.643. The van der Waals surface area contributed by atoms with Crippen molar-refractivity contribution >= 4 is 0 Å². The molecule has 1 aromatic heterocycles. The Balaban J connectivity index is 2.76. The van der Waals surface area contributed by atoms with Crippen molar-refractivity contribution in [3.63, 3.8) is 0 Å². The SMILES string of the molecule is COCC(NCc1nccc(OC)c1OC)C(C)C. The summed E-state index contributed by atoms with van der Waals surface area (Å²) in [6.07, 6.45) is 1.72. The topological polar surface area (TPSA) is 52.6 Å². The Labute approximate surface area is 115 Å². The predicted octanol–water partition coefficient (Wildman–Crippen LogP) is 1.86. The van der Waals surface area contributed by atoms with E-state index in [0.717, 1.165) is 5.69 Å². The summed E-state index contributed by atoms with van der Waals surface area (Å²) in [4.78, 5) is 4.34. The number of nitrogens with zero attached hydrogens (tertiary/aromatic N) is 1. The zero-order valence-corrected chi connectivity index (χ0v) is 12.4. The van der Waals surface area contributed by atoms with E-state index >= 15 is 0 Å². The molecule has 0 aliphatic rings. The molecule has 0 radical (unpaired) electrons. The van der Waals surface area contributed by atoms with Crippen molar-refractivity contribution in [1.82, 2.24) is 10.3 Å². The summed E-state index contributed by atoms with van der Waals surface area (Å²) in [5.74, 6) is 1.86. The van der Waals surface area contributed by atoms with Gasteiger partial charge in [-0.1, -0.05) is 13.8 Å². The van der Waals surface area contributed by atoms with E-state index in [-0.39, 0.29) is 6.04 Å². The van der Waals surface area contributed by atoms with Gasteiger partial charge in [0.2, 0.25) is 0 Å². The molecule has 108 valence electrons. The van der Waals surface area contributed by atoms with E-state index in [9.17, 15) is 0 Å². The summed E-state index contributed by atoms with van der Waals surface area (Å²) >= 11 is 0. The van der Waals surface area contributed by atoms with Crippen LogP contribution in [0.25, 0.3) is 0 Å². The van der Waals surface area contributed by atoms with Gasteiger partial charge in [0.05, 0.1) is 26.5 Å². The van der Waals surface area contributed by atoms with Gasteiger partial charge in [-0.25, -0.2) is 0 Å². The smallest absolute Gasteiger partial charge is 0.183 e. The van der Waals surface area contributed by atoms with Gasteiger partial charge in [-0.2, -0.15) is 0 Å². The highest BCUT2D eigenvalue weighted by Gasteiger charge is 2.15. The highest BCUT2D eigenvalue weighted by molar-refractivity contribution is 5.42. The largest absolute Gasteiger partial charge is 0.493 e. The lowest BCUT2D eigenvalue weighted by Crippen LogP contribution is -2.37. The van der Waals surface area contributed by atoms with E-state index < -0.39 is 0 Å². The molecular weight excluding hydrogens is 244 g/mol. The predicted molar refractivity (Wildman–Crippen MR) is 74.7 cm³/mol. The minimum Gasteiger partial charge on any atom is -0.493 e. The van der Waals surface area contributed by atoms with E-state index in [1.165, 1.54) is 0 Å². The summed E-state index contributed by atoms with van der Waals surface area (Å²) in [5, 5.41) is 3.44. The molecule has 1 aromatic rings. The van der Waals surface area contributed by atoms with Crippen LogP contribution in [0, 0.1) is 5.92 Å². The number of pyridine rings is 1. The molecule has 5 heteroatoms. The average Bonchev–Trinajstić information content (AvgIpc) is 2.42. The van der Waals surface area contributed by atoms with Gasteiger partial charge in [0.25, 0.3) is 0 Å². The second kappa shape index (κ2) is 7.96. The van der Waals surface area contributed by atoms with Crippen molar-refractivity contribution in [2.24, 2.45) is 5.92 Å². The first kappa shape index (κ1) is 15.7. The lowest BCUT2D eigenvalue weighted by atomic mass is 10.1. The van der Waals surface area contributed by atoms with Gasteiger partial charge >= 0.3 is 0 Å². The van der Waals surface area contributed by atoms with Gasteiger partial charge in [-0.05, 0) is 5.92 Å². The Kier molecular flexibility index (Phi) is 6.59. The van der Waals surface area contributed by atoms with Crippen LogP contribution in [-0.2, 0) is 11.3 Å². The molecule has 0 bridgehead atoms. The Morgan fingerprint density at radius 3 is 2.47 bits per heavy atom. The third-order valence-electron chi connectivity index (χ3n) is 3.05. The Morgan fingerprint density at radius 2 is 1.95 bits per heavy atom. The van der Waals surface area contributed by atoms with Gasteiger partial charge in [0, 0.05) is 32.0 Å². The fourth-order valence-corrected chi connectivity index (χ4v) is 1.87. The van der Waals surface area contributed by atoms with Crippen LogP contribution in [0.15, 0.2) is 12.3 Å². The number of rotatable bonds is 8. The van der Waals surface area contributed by atoms with Crippen LogP contribution in [0.1, 0.15) is 19.5 Å². The first-order chi connectivity index (χ1) is 9.13. The van der Waals surface area contributed by atoms with Crippen molar-refractivity contribution in [3.8, 4) is 11.5 Å². The quantitative estimate of drug-likeness (QED) is 0.780. The minimum atomic E-state index is 0.280. The standard InChI is InChI=1S/C14H24N2O3/c1-10(2)12(9-17-3)16-8-11-14(19-5)13(18-4)6-7-15-11/h6-7,10,12,16H,8-9H2,1-5H3. The van der Waals surface area contributed by atoms with Gasteiger partial charge in [0.1, 0.15) is 0 Å². The molecule has 1 rings (SSSR count). The third kappa shape index (κ3) is 4.36. The monoisotopic (exact) mass is 268 g/mol. The zero-order chi connectivity index (χ0) is 14.3. The maximum atomic E-state index is 5.36. The minimum absolute atomic E-state index is 0.280. The molecule has 1 unspecified atom stereocenters. The van der Waals surface area contributed by atoms with Crippen LogP contribution in [-0.4, -0.2) is 39.0 Å².